The van der Waals surface area contributed by atoms with Gasteiger partial charge in [0.15, 0.2) is 0 Å². The maximum absolute atomic E-state index is 12.6. The fraction of sp³-hybridized carbons (Fsp3) is 0.294. The van der Waals surface area contributed by atoms with Gasteiger partial charge >= 0.3 is 0 Å². The summed E-state index contributed by atoms with van der Waals surface area (Å²) in [6, 6.07) is 14.8. The van der Waals surface area contributed by atoms with Gasteiger partial charge in [-0.3, -0.25) is 4.90 Å². The molecule has 0 amide bonds. The molecular weight excluding hydrogens is 374 g/mol. The van der Waals surface area contributed by atoms with Crippen LogP contribution in [0.4, 0.5) is 0 Å². The lowest BCUT2D eigenvalue weighted by Gasteiger charge is -2.17. The Bertz CT molecular complexity index is 976. The van der Waals surface area contributed by atoms with Gasteiger partial charge in [-0.05, 0) is 30.2 Å². The average Bonchev–Trinajstić information content (AvgIpc) is 3.01. The molecule has 140 valence electrons. The van der Waals surface area contributed by atoms with E-state index in [0.717, 1.165) is 19.2 Å². The average molecular weight is 396 g/mol. The summed E-state index contributed by atoms with van der Waals surface area (Å²) in [5.41, 5.74) is 1.18. The predicted molar refractivity (Wildman–Crippen MR) is 98.3 cm³/mol. The molecule has 1 heterocycles. The van der Waals surface area contributed by atoms with Crippen molar-refractivity contribution in [1.82, 2.24) is 9.62 Å². The van der Waals surface area contributed by atoms with E-state index in [2.05, 4.69) is 9.62 Å². The largest absolute Gasteiger partial charge is 0.297 e. The molecule has 0 saturated carbocycles. The lowest BCUT2D eigenvalue weighted by atomic mass is 10.2. The molecule has 3 rings (SSSR count). The van der Waals surface area contributed by atoms with Crippen LogP contribution in [0.25, 0.3) is 0 Å². The van der Waals surface area contributed by atoms with Crippen LogP contribution in [0.3, 0.4) is 0 Å². The Morgan fingerprint density at radius 1 is 1.00 bits per heavy atom. The Kier molecular flexibility index (Phi) is 5.44. The van der Waals surface area contributed by atoms with E-state index in [1.54, 1.807) is 0 Å². The van der Waals surface area contributed by atoms with Crippen molar-refractivity contribution in [2.75, 3.05) is 13.1 Å². The van der Waals surface area contributed by atoms with Crippen LogP contribution in [0.2, 0.25) is 0 Å². The van der Waals surface area contributed by atoms with Gasteiger partial charge in [0.05, 0.1) is 9.79 Å². The summed E-state index contributed by atoms with van der Waals surface area (Å²) in [5.74, 6) is 0. The van der Waals surface area contributed by atoms with E-state index in [1.807, 2.05) is 30.3 Å². The van der Waals surface area contributed by atoms with E-state index < -0.39 is 20.0 Å². The number of primary sulfonamides is 1. The Balaban J connectivity index is 1.67. The fourth-order valence-electron chi connectivity index (χ4n) is 3.02. The summed E-state index contributed by atoms with van der Waals surface area (Å²) in [4.78, 5) is 1.85. The highest BCUT2D eigenvalue weighted by molar-refractivity contribution is 7.90. The second-order valence-corrected chi connectivity index (χ2v) is 9.62. The second-order valence-electron chi connectivity index (χ2n) is 6.35. The monoisotopic (exact) mass is 395 g/mol. The normalized spacial score (nSPS) is 18.9. The number of nitrogens with two attached hydrogens (primary N) is 1. The number of nitrogens with one attached hydrogen (secondary N) is 1. The quantitative estimate of drug-likeness (QED) is 0.755. The lowest BCUT2D eigenvalue weighted by molar-refractivity contribution is 0.324. The zero-order valence-electron chi connectivity index (χ0n) is 14.1. The molecule has 1 saturated heterocycles. The molecule has 3 N–H and O–H groups in total. The van der Waals surface area contributed by atoms with Crippen molar-refractivity contribution in [3.05, 3.63) is 60.2 Å². The van der Waals surface area contributed by atoms with E-state index >= 15 is 0 Å². The first-order chi connectivity index (χ1) is 12.2. The minimum absolute atomic E-state index is 0.106. The first kappa shape index (κ1) is 19.0. The Morgan fingerprint density at radius 2 is 1.69 bits per heavy atom. The molecule has 0 spiro atoms. The van der Waals surface area contributed by atoms with Crippen molar-refractivity contribution >= 4 is 20.0 Å². The zero-order valence-corrected chi connectivity index (χ0v) is 15.7. The fourth-order valence-corrected chi connectivity index (χ4v) is 4.96. The summed E-state index contributed by atoms with van der Waals surface area (Å²) in [7, 11) is -7.78. The third-order valence-corrected chi connectivity index (χ3v) is 6.72. The van der Waals surface area contributed by atoms with Crippen molar-refractivity contribution in [3.8, 4) is 0 Å². The van der Waals surface area contributed by atoms with Crippen molar-refractivity contribution in [1.29, 1.82) is 0 Å². The van der Waals surface area contributed by atoms with Crippen molar-refractivity contribution < 1.29 is 16.8 Å². The van der Waals surface area contributed by atoms with Gasteiger partial charge < -0.3 is 0 Å². The molecule has 9 heteroatoms. The number of sulfonamides is 2. The number of likely N-dealkylation sites (tertiary alicyclic amines) is 1. The second kappa shape index (κ2) is 7.45. The van der Waals surface area contributed by atoms with Crippen LogP contribution < -0.4 is 9.86 Å². The van der Waals surface area contributed by atoms with Crippen LogP contribution in [0.15, 0.2) is 64.4 Å². The standard InChI is InChI=1S/C17H21N3O4S2/c18-25(21,22)16-7-4-8-17(11-16)26(23,24)19-15-9-10-20(13-15)12-14-5-2-1-3-6-14/h1-8,11,15,19H,9-10,12-13H2,(H2,18,21,22). The third kappa shape index (κ3) is 4.68. The molecule has 0 bridgehead atoms. The number of benzene rings is 2. The SMILES string of the molecule is NS(=O)(=O)c1cccc(S(=O)(=O)NC2CCN(Cc3ccccc3)C2)c1. The highest BCUT2D eigenvalue weighted by atomic mass is 32.2. The minimum Gasteiger partial charge on any atom is -0.297 e. The van der Waals surface area contributed by atoms with Crippen LogP contribution in [0.1, 0.15) is 12.0 Å². The predicted octanol–water partition coefficient (Wildman–Crippen LogP) is 0.887. The molecule has 0 aliphatic carbocycles. The Labute approximate surface area is 153 Å². The number of nitrogens with zero attached hydrogens (tertiary/aromatic N) is 1. The van der Waals surface area contributed by atoms with E-state index in [9.17, 15) is 16.8 Å². The lowest BCUT2D eigenvalue weighted by Crippen LogP contribution is -2.37. The molecule has 1 unspecified atom stereocenters. The Hall–Kier alpha value is -1.78. The van der Waals surface area contributed by atoms with Gasteiger partial charge in [0.25, 0.3) is 0 Å². The van der Waals surface area contributed by atoms with Crippen LogP contribution >= 0.6 is 0 Å². The van der Waals surface area contributed by atoms with E-state index in [1.165, 1.54) is 23.8 Å². The summed E-state index contributed by atoms with van der Waals surface area (Å²) >= 11 is 0. The van der Waals surface area contributed by atoms with Crippen LogP contribution in [-0.2, 0) is 26.6 Å². The first-order valence-electron chi connectivity index (χ1n) is 8.15. The number of hydrogen-bond donors (Lipinski definition) is 2. The summed E-state index contributed by atoms with van der Waals surface area (Å²) in [6.45, 7) is 2.16. The zero-order chi connectivity index (χ0) is 18.8. The molecule has 0 aromatic heterocycles. The van der Waals surface area contributed by atoms with Gasteiger partial charge in [0.2, 0.25) is 20.0 Å². The highest BCUT2D eigenvalue weighted by Gasteiger charge is 2.27. The van der Waals surface area contributed by atoms with Crippen molar-refractivity contribution in [2.24, 2.45) is 5.14 Å². The van der Waals surface area contributed by atoms with Crippen LogP contribution in [0.5, 0.6) is 0 Å². The molecule has 2 aromatic rings. The smallest absolute Gasteiger partial charge is 0.240 e. The molecule has 2 aromatic carbocycles. The molecule has 0 radical (unpaired) electrons. The summed E-state index contributed by atoms with van der Waals surface area (Å²) < 4.78 is 50.7. The molecule has 7 nitrogen and oxygen atoms in total. The number of rotatable bonds is 6. The first-order valence-corrected chi connectivity index (χ1v) is 11.2. The molecular formula is C17H21N3O4S2. The summed E-state index contributed by atoms with van der Waals surface area (Å²) in [5, 5.41) is 5.07. The number of hydrogen-bond acceptors (Lipinski definition) is 5. The molecule has 1 atom stereocenters. The molecule has 1 aliphatic rings. The van der Waals surface area contributed by atoms with Crippen molar-refractivity contribution in [2.45, 2.75) is 28.8 Å². The van der Waals surface area contributed by atoms with Crippen LogP contribution in [0, 0.1) is 0 Å². The third-order valence-electron chi connectivity index (χ3n) is 4.29. The highest BCUT2D eigenvalue weighted by Crippen LogP contribution is 2.18. The van der Waals surface area contributed by atoms with Crippen LogP contribution in [-0.4, -0.2) is 40.9 Å². The Morgan fingerprint density at radius 3 is 2.38 bits per heavy atom. The van der Waals surface area contributed by atoms with Gasteiger partial charge in [0, 0.05) is 25.7 Å². The maximum Gasteiger partial charge on any atom is 0.240 e. The van der Waals surface area contributed by atoms with Gasteiger partial charge in [0.1, 0.15) is 0 Å². The summed E-state index contributed by atoms with van der Waals surface area (Å²) in [6.07, 6.45) is 0.695. The van der Waals surface area contributed by atoms with Gasteiger partial charge in [-0.1, -0.05) is 36.4 Å². The van der Waals surface area contributed by atoms with Crippen molar-refractivity contribution in [3.63, 3.8) is 0 Å². The van der Waals surface area contributed by atoms with E-state index in [0.29, 0.717) is 13.0 Å². The minimum atomic E-state index is -3.96. The molecule has 1 aliphatic heterocycles. The molecule has 26 heavy (non-hydrogen) atoms. The topological polar surface area (TPSA) is 110 Å². The van der Waals surface area contributed by atoms with Gasteiger partial charge in [-0.25, -0.2) is 26.7 Å². The maximum atomic E-state index is 12.6. The molecule has 1 fully saturated rings. The van der Waals surface area contributed by atoms with E-state index in [-0.39, 0.29) is 15.8 Å². The van der Waals surface area contributed by atoms with Gasteiger partial charge in [-0.15, -0.1) is 0 Å². The van der Waals surface area contributed by atoms with E-state index in [4.69, 9.17) is 5.14 Å². The van der Waals surface area contributed by atoms with Gasteiger partial charge in [-0.2, -0.15) is 0 Å².